The van der Waals surface area contributed by atoms with Crippen molar-refractivity contribution < 1.29 is 9.84 Å². The molecule has 1 unspecified atom stereocenters. The minimum absolute atomic E-state index is 0.348. The van der Waals surface area contributed by atoms with Crippen LogP contribution >= 0.6 is 11.8 Å². The van der Waals surface area contributed by atoms with Gasteiger partial charge in [-0.25, -0.2) is 0 Å². The number of hydrogen-bond donors (Lipinski definition) is 2. The molecular weight excluding hydrogens is 234 g/mol. The zero-order chi connectivity index (χ0) is 12.3. The molecule has 3 nitrogen and oxygen atoms in total. The molecule has 94 valence electrons. The third kappa shape index (κ3) is 3.15. The van der Waals surface area contributed by atoms with Crippen molar-refractivity contribution in [1.82, 2.24) is 0 Å². The fourth-order valence-corrected chi connectivity index (χ4v) is 2.94. The zero-order valence-electron chi connectivity index (χ0n) is 10.1. The smallest absolute Gasteiger partial charge is 0.118 e. The lowest BCUT2D eigenvalue weighted by Gasteiger charge is -2.25. The second kappa shape index (κ2) is 5.29. The third-order valence-electron chi connectivity index (χ3n) is 3.24. The first-order valence-electron chi connectivity index (χ1n) is 5.87. The van der Waals surface area contributed by atoms with Gasteiger partial charge >= 0.3 is 0 Å². The average molecular weight is 253 g/mol. The molecule has 1 fully saturated rings. The molecule has 0 saturated heterocycles. The Hall–Kier alpha value is -0.710. The third-order valence-corrected chi connectivity index (χ3v) is 4.49. The molecule has 1 saturated carbocycles. The Bertz CT molecular complexity index is 364. The summed E-state index contributed by atoms with van der Waals surface area (Å²) in [4.78, 5) is 1.14. The van der Waals surface area contributed by atoms with Crippen molar-refractivity contribution in [1.29, 1.82) is 0 Å². The van der Waals surface area contributed by atoms with Gasteiger partial charge in [0.05, 0.1) is 12.7 Å². The molecule has 1 aromatic carbocycles. The predicted molar refractivity (Wildman–Crippen MR) is 70.4 cm³/mol. The van der Waals surface area contributed by atoms with E-state index in [1.54, 1.807) is 18.9 Å². The Labute approximate surface area is 106 Å². The zero-order valence-corrected chi connectivity index (χ0v) is 10.9. The van der Waals surface area contributed by atoms with Gasteiger partial charge in [-0.05, 0) is 43.0 Å². The molecule has 2 rings (SSSR count). The average Bonchev–Trinajstić information content (AvgIpc) is 3.21. The molecule has 1 aliphatic rings. The topological polar surface area (TPSA) is 55.5 Å². The van der Waals surface area contributed by atoms with Crippen LogP contribution in [0.1, 0.15) is 12.8 Å². The summed E-state index contributed by atoms with van der Waals surface area (Å²) in [7, 11) is 1.66. The summed E-state index contributed by atoms with van der Waals surface area (Å²) in [6.45, 7) is 0.348. The number of benzene rings is 1. The van der Waals surface area contributed by atoms with Crippen molar-refractivity contribution >= 4 is 11.8 Å². The highest BCUT2D eigenvalue weighted by atomic mass is 32.2. The molecule has 1 atom stereocenters. The van der Waals surface area contributed by atoms with E-state index in [0.717, 1.165) is 23.5 Å². The van der Waals surface area contributed by atoms with E-state index in [-0.39, 0.29) is 0 Å². The van der Waals surface area contributed by atoms with E-state index in [4.69, 9.17) is 10.5 Å². The number of ether oxygens (including phenoxy) is 1. The van der Waals surface area contributed by atoms with Gasteiger partial charge in [0.2, 0.25) is 0 Å². The number of aliphatic hydroxyl groups is 1. The Kier molecular flexibility index (Phi) is 3.97. The molecule has 1 aromatic rings. The van der Waals surface area contributed by atoms with Crippen molar-refractivity contribution in [3.05, 3.63) is 24.3 Å². The van der Waals surface area contributed by atoms with Crippen LogP contribution in [0.3, 0.4) is 0 Å². The van der Waals surface area contributed by atoms with Crippen LogP contribution in [0.15, 0.2) is 29.2 Å². The first-order valence-corrected chi connectivity index (χ1v) is 6.86. The van der Waals surface area contributed by atoms with Crippen LogP contribution in [0.2, 0.25) is 0 Å². The molecule has 0 bridgehead atoms. The molecule has 1 aliphatic carbocycles. The summed E-state index contributed by atoms with van der Waals surface area (Å²) in [5.41, 5.74) is 4.98. The van der Waals surface area contributed by atoms with Crippen molar-refractivity contribution in [2.24, 2.45) is 11.7 Å². The molecule has 0 aromatic heterocycles. The van der Waals surface area contributed by atoms with E-state index >= 15 is 0 Å². The van der Waals surface area contributed by atoms with Gasteiger partial charge in [0.1, 0.15) is 5.75 Å². The van der Waals surface area contributed by atoms with Crippen molar-refractivity contribution in [2.75, 3.05) is 19.4 Å². The molecule has 3 N–H and O–H groups in total. The van der Waals surface area contributed by atoms with E-state index in [0.29, 0.717) is 18.2 Å². The van der Waals surface area contributed by atoms with Crippen LogP contribution in [0.25, 0.3) is 0 Å². The monoisotopic (exact) mass is 253 g/mol. The fraction of sp³-hybridized carbons (Fsp3) is 0.538. The van der Waals surface area contributed by atoms with E-state index < -0.39 is 5.60 Å². The van der Waals surface area contributed by atoms with Gasteiger partial charge in [0, 0.05) is 17.2 Å². The fourth-order valence-electron chi connectivity index (χ4n) is 1.84. The lowest BCUT2D eigenvalue weighted by atomic mass is 10.0. The largest absolute Gasteiger partial charge is 0.497 e. The minimum atomic E-state index is -0.690. The van der Waals surface area contributed by atoms with E-state index in [1.165, 1.54) is 0 Å². The summed E-state index contributed by atoms with van der Waals surface area (Å²) < 4.78 is 5.11. The van der Waals surface area contributed by atoms with Crippen molar-refractivity contribution in [2.45, 2.75) is 23.3 Å². The minimum Gasteiger partial charge on any atom is -0.497 e. The Morgan fingerprint density at radius 1 is 1.41 bits per heavy atom. The molecule has 4 heteroatoms. The van der Waals surface area contributed by atoms with E-state index in [9.17, 15) is 5.11 Å². The number of thioether (sulfide) groups is 1. The normalized spacial score (nSPS) is 18.8. The maximum Gasteiger partial charge on any atom is 0.118 e. The summed E-state index contributed by atoms with van der Waals surface area (Å²) >= 11 is 1.65. The summed E-state index contributed by atoms with van der Waals surface area (Å²) in [6.07, 6.45) is 2.22. The lowest BCUT2D eigenvalue weighted by Crippen LogP contribution is -2.42. The molecule has 17 heavy (non-hydrogen) atoms. The highest BCUT2D eigenvalue weighted by Gasteiger charge is 2.42. The van der Waals surface area contributed by atoms with Gasteiger partial charge in [0.25, 0.3) is 0 Å². The van der Waals surface area contributed by atoms with Crippen LogP contribution in [0.4, 0.5) is 0 Å². The maximum atomic E-state index is 10.4. The van der Waals surface area contributed by atoms with Crippen LogP contribution < -0.4 is 10.5 Å². The number of hydrogen-bond acceptors (Lipinski definition) is 4. The van der Waals surface area contributed by atoms with E-state index in [2.05, 4.69) is 0 Å². The van der Waals surface area contributed by atoms with Gasteiger partial charge in [-0.2, -0.15) is 0 Å². The standard InChI is InChI=1S/C13H19NO2S/c1-16-11-4-6-12(7-5-11)17-9-13(15,8-14)10-2-3-10/h4-7,10,15H,2-3,8-9,14H2,1H3. The van der Waals surface area contributed by atoms with E-state index in [1.807, 2.05) is 24.3 Å². The highest BCUT2D eigenvalue weighted by molar-refractivity contribution is 7.99. The molecular formula is C13H19NO2S. The van der Waals surface area contributed by atoms with Gasteiger partial charge in [-0.3, -0.25) is 0 Å². The highest BCUT2D eigenvalue weighted by Crippen LogP contribution is 2.41. The van der Waals surface area contributed by atoms with Crippen molar-refractivity contribution in [3.63, 3.8) is 0 Å². The molecule has 0 radical (unpaired) electrons. The van der Waals surface area contributed by atoms with Crippen LogP contribution in [0.5, 0.6) is 5.75 Å². The van der Waals surface area contributed by atoms with Crippen LogP contribution in [0, 0.1) is 5.92 Å². The second-order valence-corrected chi connectivity index (χ2v) is 5.59. The Morgan fingerprint density at radius 3 is 2.53 bits per heavy atom. The second-order valence-electron chi connectivity index (χ2n) is 4.55. The van der Waals surface area contributed by atoms with Gasteiger partial charge in [-0.1, -0.05) is 0 Å². The molecule has 0 spiro atoms. The molecule has 0 aliphatic heterocycles. The number of methoxy groups -OCH3 is 1. The summed E-state index contributed by atoms with van der Waals surface area (Å²) in [5.74, 6) is 1.92. The van der Waals surface area contributed by atoms with Crippen molar-refractivity contribution in [3.8, 4) is 5.75 Å². The SMILES string of the molecule is COc1ccc(SCC(O)(CN)C2CC2)cc1. The number of nitrogens with two attached hydrogens (primary N) is 1. The number of rotatable bonds is 6. The maximum absolute atomic E-state index is 10.4. The van der Waals surface area contributed by atoms with Gasteiger partial charge < -0.3 is 15.6 Å². The first kappa shape index (κ1) is 12.7. The van der Waals surface area contributed by atoms with Gasteiger partial charge in [-0.15, -0.1) is 11.8 Å². The van der Waals surface area contributed by atoms with Crippen LogP contribution in [-0.4, -0.2) is 30.1 Å². The Balaban J connectivity index is 1.91. The first-order chi connectivity index (χ1) is 8.18. The lowest BCUT2D eigenvalue weighted by molar-refractivity contribution is 0.0510. The molecule has 0 heterocycles. The predicted octanol–water partition coefficient (Wildman–Crippen LogP) is 1.89. The quantitative estimate of drug-likeness (QED) is 0.760. The summed E-state index contributed by atoms with van der Waals surface area (Å²) in [6, 6.07) is 7.88. The molecule has 0 amide bonds. The van der Waals surface area contributed by atoms with Gasteiger partial charge in [0.15, 0.2) is 0 Å². The van der Waals surface area contributed by atoms with Crippen LogP contribution in [-0.2, 0) is 0 Å². The summed E-state index contributed by atoms with van der Waals surface area (Å²) in [5, 5.41) is 10.4. The Morgan fingerprint density at radius 2 is 2.06 bits per heavy atom.